The summed E-state index contributed by atoms with van der Waals surface area (Å²) in [6.45, 7) is 3.74. The van der Waals surface area contributed by atoms with Crippen LogP contribution in [0.4, 0.5) is 0 Å². The highest BCUT2D eigenvalue weighted by atomic mass is 15.0. The van der Waals surface area contributed by atoms with E-state index in [4.69, 9.17) is 0 Å². The Morgan fingerprint density at radius 2 is 1.83 bits per heavy atom. The molecule has 0 radical (unpaired) electrons. The Morgan fingerprint density at radius 1 is 1.11 bits per heavy atom. The second-order valence-electron chi connectivity index (χ2n) is 4.58. The van der Waals surface area contributed by atoms with E-state index in [0.717, 1.165) is 23.1 Å². The summed E-state index contributed by atoms with van der Waals surface area (Å²) >= 11 is 0. The van der Waals surface area contributed by atoms with Gasteiger partial charge in [0.05, 0.1) is 5.70 Å². The van der Waals surface area contributed by atoms with Crippen LogP contribution in [0, 0.1) is 19.8 Å². The zero-order valence-electron chi connectivity index (χ0n) is 10.5. The Labute approximate surface area is 106 Å². The second kappa shape index (κ2) is 4.31. The van der Waals surface area contributed by atoms with Gasteiger partial charge >= 0.3 is 0 Å². The third-order valence-corrected chi connectivity index (χ3v) is 2.87. The molecule has 1 aliphatic carbocycles. The van der Waals surface area contributed by atoms with Crippen molar-refractivity contribution in [3.05, 3.63) is 47.1 Å². The number of aliphatic imine (C=N–C) groups is 1. The van der Waals surface area contributed by atoms with Crippen LogP contribution in [0.5, 0.6) is 0 Å². The van der Waals surface area contributed by atoms with Crippen molar-refractivity contribution in [1.29, 1.82) is 0 Å². The van der Waals surface area contributed by atoms with Crippen LogP contribution in [0.1, 0.15) is 30.3 Å². The van der Waals surface area contributed by atoms with Crippen molar-refractivity contribution in [2.24, 2.45) is 10.9 Å². The lowest BCUT2D eigenvalue weighted by Gasteiger charge is -2.03. The van der Waals surface area contributed by atoms with E-state index in [1.54, 1.807) is 0 Å². The first-order chi connectivity index (χ1) is 8.72. The number of allylic oxidation sites excluding steroid dienone is 3. The summed E-state index contributed by atoms with van der Waals surface area (Å²) in [5.41, 5.74) is 5.04. The molecule has 2 aliphatic rings. The van der Waals surface area contributed by atoms with Crippen molar-refractivity contribution in [2.45, 2.75) is 26.7 Å². The predicted octanol–water partition coefficient (Wildman–Crippen LogP) is 2.30. The lowest BCUT2D eigenvalue weighted by Crippen LogP contribution is -2.09. The van der Waals surface area contributed by atoms with Crippen molar-refractivity contribution >= 4 is 5.71 Å². The fraction of sp³-hybridized carbons (Fsp3) is 0.357. The molecule has 1 saturated carbocycles. The molecule has 0 aromatic carbocycles. The fourth-order valence-electron chi connectivity index (χ4n) is 1.89. The molecule has 0 spiro atoms. The number of hydrogen-bond donors (Lipinski definition) is 0. The zero-order valence-corrected chi connectivity index (χ0v) is 10.5. The first-order valence-electron chi connectivity index (χ1n) is 6.14. The van der Waals surface area contributed by atoms with Crippen LogP contribution in [-0.2, 0) is 0 Å². The third kappa shape index (κ3) is 2.29. The SMILES string of the molecule is Cc1nc(C)nc(C2=NC(C3CC3)=C=CC=C2)n1. The minimum Gasteiger partial charge on any atom is -0.241 e. The average Bonchev–Trinajstić information content (AvgIpc) is 3.14. The standard InChI is InChI=1S/C14H14N4/c1-9-15-10(2)17-14(16-9)13-6-4-3-5-12(18-13)11-7-8-11/h3-4,6,11H,7-8H2,1-2H3. The summed E-state index contributed by atoms with van der Waals surface area (Å²) < 4.78 is 0. The van der Waals surface area contributed by atoms with Crippen LogP contribution >= 0.6 is 0 Å². The summed E-state index contributed by atoms with van der Waals surface area (Å²) in [6.07, 6.45) is 8.19. The molecular formula is C14H14N4. The van der Waals surface area contributed by atoms with Gasteiger partial charge < -0.3 is 0 Å². The summed E-state index contributed by atoms with van der Waals surface area (Å²) in [6, 6.07) is 0. The average molecular weight is 238 g/mol. The molecule has 1 aliphatic heterocycles. The lowest BCUT2D eigenvalue weighted by molar-refractivity contribution is 0.904. The molecule has 3 rings (SSSR count). The molecule has 1 aromatic heterocycles. The van der Waals surface area contributed by atoms with E-state index in [0.29, 0.717) is 11.7 Å². The maximum Gasteiger partial charge on any atom is 0.181 e. The molecule has 2 heterocycles. The van der Waals surface area contributed by atoms with E-state index in [-0.39, 0.29) is 0 Å². The lowest BCUT2D eigenvalue weighted by atomic mass is 10.3. The van der Waals surface area contributed by atoms with Gasteiger partial charge in [-0.1, -0.05) is 11.8 Å². The van der Waals surface area contributed by atoms with Crippen LogP contribution < -0.4 is 0 Å². The van der Waals surface area contributed by atoms with Crippen LogP contribution in [0.25, 0.3) is 0 Å². The summed E-state index contributed by atoms with van der Waals surface area (Å²) in [5.74, 6) is 2.66. The van der Waals surface area contributed by atoms with Gasteiger partial charge in [-0.25, -0.2) is 19.9 Å². The van der Waals surface area contributed by atoms with Crippen LogP contribution in [0.15, 0.2) is 34.6 Å². The van der Waals surface area contributed by atoms with E-state index in [2.05, 4.69) is 25.7 Å². The van der Waals surface area contributed by atoms with Crippen molar-refractivity contribution in [3.8, 4) is 0 Å². The monoisotopic (exact) mass is 238 g/mol. The Hall–Kier alpha value is -2.06. The second-order valence-corrected chi connectivity index (χ2v) is 4.58. The molecule has 0 saturated heterocycles. The normalized spacial score (nSPS) is 18.3. The molecule has 4 nitrogen and oxygen atoms in total. The van der Waals surface area contributed by atoms with Gasteiger partial charge in [-0.05, 0) is 38.8 Å². The van der Waals surface area contributed by atoms with Crippen LogP contribution in [-0.4, -0.2) is 20.7 Å². The van der Waals surface area contributed by atoms with Gasteiger partial charge in [0.1, 0.15) is 17.4 Å². The highest BCUT2D eigenvalue weighted by Crippen LogP contribution is 2.37. The fourth-order valence-corrected chi connectivity index (χ4v) is 1.89. The van der Waals surface area contributed by atoms with Gasteiger partial charge in [0.15, 0.2) is 5.82 Å². The Morgan fingerprint density at radius 3 is 2.50 bits per heavy atom. The van der Waals surface area contributed by atoms with E-state index >= 15 is 0 Å². The third-order valence-electron chi connectivity index (χ3n) is 2.87. The van der Waals surface area contributed by atoms with Gasteiger partial charge in [0, 0.05) is 5.92 Å². The topological polar surface area (TPSA) is 51.0 Å². The largest absolute Gasteiger partial charge is 0.241 e. The van der Waals surface area contributed by atoms with Crippen LogP contribution in [0.2, 0.25) is 0 Å². The Balaban J connectivity index is 2.03. The summed E-state index contributed by atoms with van der Waals surface area (Å²) in [5, 5.41) is 0. The summed E-state index contributed by atoms with van der Waals surface area (Å²) in [4.78, 5) is 17.5. The quantitative estimate of drug-likeness (QED) is 0.743. The summed E-state index contributed by atoms with van der Waals surface area (Å²) in [7, 11) is 0. The first kappa shape index (κ1) is 11.1. The predicted molar refractivity (Wildman–Crippen MR) is 69.3 cm³/mol. The maximum absolute atomic E-state index is 4.64. The highest BCUT2D eigenvalue weighted by molar-refractivity contribution is 6.06. The van der Waals surface area contributed by atoms with Crippen molar-refractivity contribution in [3.63, 3.8) is 0 Å². The van der Waals surface area contributed by atoms with E-state index in [9.17, 15) is 0 Å². The molecule has 1 aromatic rings. The van der Waals surface area contributed by atoms with E-state index < -0.39 is 0 Å². The van der Waals surface area contributed by atoms with Crippen molar-refractivity contribution in [1.82, 2.24) is 15.0 Å². The number of nitrogens with zero attached hydrogens (tertiary/aromatic N) is 4. The van der Waals surface area contributed by atoms with E-state index in [1.165, 1.54) is 12.8 Å². The van der Waals surface area contributed by atoms with Gasteiger partial charge in [-0.2, -0.15) is 0 Å². The zero-order chi connectivity index (χ0) is 12.5. The molecule has 0 amide bonds. The number of rotatable bonds is 2. The van der Waals surface area contributed by atoms with Gasteiger partial charge in [0.2, 0.25) is 0 Å². The minimum absolute atomic E-state index is 0.570. The molecule has 0 atom stereocenters. The van der Waals surface area contributed by atoms with Gasteiger partial charge in [-0.15, -0.1) is 0 Å². The molecule has 90 valence electrons. The molecule has 1 fully saturated rings. The number of aryl methyl sites for hydroxylation is 2. The van der Waals surface area contributed by atoms with Crippen molar-refractivity contribution in [2.75, 3.05) is 0 Å². The Kier molecular flexibility index (Phi) is 2.65. The van der Waals surface area contributed by atoms with Crippen molar-refractivity contribution < 1.29 is 0 Å². The molecule has 0 unspecified atom stereocenters. The maximum atomic E-state index is 4.64. The molecule has 18 heavy (non-hydrogen) atoms. The van der Waals surface area contributed by atoms with E-state index in [1.807, 2.05) is 32.1 Å². The molecule has 0 bridgehead atoms. The molecule has 4 heteroatoms. The van der Waals surface area contributed by atoms with Gasteiger partial charge in [0.25, 0.3) is 0 Å². The molecular weight excluding hydrogens is 224 g/mol. The highest BCUT2D eigenvalue weighted by Gasteiger charge is 2.26. The Bertz CT molecular complexity index is 594. The smallest absolute Gasteiger partial charge is 0.181 e. The van der Waals surface area contributed by atoms with Gasteiger partial charge in [-0.3, -0.25) is 0 Å². The first-order valence-corrected chi connectivity index (χ1v) is 6.14. The number of aromatic nitrogens is 3. The minimum atomic E-state index is 0.570. The molecule has 0 N–H and O–H groups in total. The number of hydrogen-bond acceptors (Lipinski definition) is 4. The van der Waals surface area contributed by atoms with Crippen LogP contribution in [0.3, 0.4) is 0 Å².